The number of halogens is 2. The van der Waals surface area contributed by atoms with E-state index in [0.717, 1.165) is 30.6 Å². The smallest absolute Gasteiger partial charge is 0.315 e. The van der Waals surface area contributed by atoms with E-state index in [4.69, 9.17) is 16.3 Å². The molecule has 0 unspecified atom stereocenters. The fourth-order valence-corrected chi connectivity index (χ4v) is 4.12. The molecule has 3 atom stereocenters. The Balaban J connectivity index is 1.60. The zero-order chi connectivity index (χ0) is 24.3. The van der Waals surface area contributed by atoms with E-state index in [1.54, 1.807) is 12.1 Å². The van der Waals surface area contributed by atoms with Crippen LogP contribution in [-0.4, -0.2) is 54.5 Å². The zero-order valence-corrected chi connectivity index (χ0v) is 20.4. The highest BCUT2D eigenvalue weighted by Gasteiger charge is 2.29. The van der Waals surface area contributed by atoms with Crippen LogP contribution in [0, 0.1) is 0 Å². The molecule has 0 aromatic heterocycles. The minimum Gasteiger partial charge on any atom is -0.494 e. The molecule has 6 nitrogen and oxygen atoms in total. The van der Waals surface area contributed by atoms with Crippen LogP contribution in [0.1, 0.15) is 49.8 Å². The van der Waals surface area contributed by atoms with E-state index in [2.05, 4.69) is 17.6 Å². The average molecular weight is 492 g/mol. The lowest BCUT2D eigenvalue weighted by Crippen LogP contribution is -2.50. The number of aliphatic hydroxyl groups excluding tert-OH is 1. The predicted molar refractivity (Wildman–Crippen MR) is 133 cm³/mol. The van der Waals surface area contributed by atoms with Crippen molar-refractivity contribution in [3.05, 3.63) is 64.7 Å². The van der Waals surface area contributed by atoms with Gasteiger partial charge in [-0.1, -0.05) is 55.6 Å². The summed E-state index contributed by atoms with van der Waals surface area (Å²) in [6, 6.07) is 13.5. The molecule has 0 radical (unpaired) electrons. The minimum absolute atomic E-state index is 0.307. The van der Waals surface area contributed by atoms with Crippen molar-refractivity contribution in [2.45, 2.75) is 57.5 Å². The van der Waals surface area contributed by atoms with E-state index in [1.807, 2.05) is 41.3 Å². The fraction of sp³-hybridized carbons (Fsp3) is 0.500. The third-order valence-corrected chi connectivity index (χ3v) is 6.22. The quantitative estimate of drug-likeness (QED) is 0.371. The lowest BCUT2D eigenvalue weighted by atomic mass is 10.0. The Morgan fingerprint density at radius 2 is 1.94 bits per heavy atom. The molecular formula is C26H35ClFN3O3. The summed E-state index contributed by atoms with van der Waals surface area (Å²) in [5.74, 6) is 0.747. The number of nitrogens with zero attached hydrogens (tertiary/aromatic N) is 1. The molecule has 1 aliphatic rings. The highest BCUT2D eigenvalue weighted by molar-refractivity contribution is 6.30. The van der Waals surface area contributed by atoms with Crippen molar-refractivity contribution >= 4 is 17.6 Å². The zero-order valence-electron chi connectivity index (χ0n) is 19.7. The number of amides is 2. The molecule has 0 aliphatic carbocycles. The first kappa shape index (κ1) is 26.3. The lowest BCUT2D eigenvalue weighted by molar-refractivity contribution is 0.108. The van der Waals surface area contributed by atoms with Crippen LogP contribution in [0.5, 0.6) is 5.75 Å². The second kappa shape index (κ2) is 13.5. The topological polar surface area (TPSA) is 73.8 Å². The van der Waals surface area contributed by atoms with Gasteiger partial charge in [0, 0.05) is 31.2 Å². The molecular weight excluding hydrogens is 457 g/mol. The molecule has 3 N–H and O–H groups in total. The number of nitrogens with one attached hydrogen (secondary N) is 2. The van der Waals surface area contributed by atoms with Gasteiger partial charge in [0.25, 0.3) is 0 Å². The van der Waals surface area contributed by atoms with Crippen LogP contribution in [0.4, 0.5) is 9.18 Å². The molecule has 2 amide bonds. The van der Waals surface area contributed by atoms with Crippen molar-refractivity contribution in [3.8, 4) is 5.75 Å². The van der Waals surface area contributed by atoms with E-state index in [0.29, 0.717) is 49.8 Å². The van der Waals surface area contributed by atoms with Crippen molar-refractivity contribution in [1.29, 1.82) is 0 Å². The molecule has 0 saturated carbocycles. The monoisotopic (exact) mass is 491 g/mol. The Kier molecular flexibility index (Phi) is 10.4. The molecule has 1 aliphatic heterocycles. The normalized spacial score (nSPS) is 17.8. The summed E-state index contributed by atoms with van der Waals surface area (Å²) in [6.45, 7) is 4.39. The Hall–Kier alpha value is -2.35. The van der Waals surface area contributed by atoms with Crippen molar-refractivity contribution in [1.82, 2.24) is 15.5 Å². The van der Waals surface area contributed by atoms with Gasteiger partial charge in [-0.15, -0.1) is 0 Å². The number of hydrogen-bond acceptors (Lipinski definition) is 4. The van der Waals surface area contributed by atoms with Gasteiger partial charge in [0.2, 0.25) is 0 Å². The number of benzene rings is 2. The van der Waals surface area contributed by atoms with Crippen molar-refractivity contribution < 1.29 is 19.0 Å². The third kappa shape index (κ3) is 8.46. The number of carbonyl (C=O) groups is 1. The Bertz CT molecular complexity index is 882. The van der Waals surface area contributed by atoms with Crippen LogP contribution in [-0.2, 0) is 6.54 Å². The van der Waals surface area contributed by atoms with Gasteiger partial charge in [-0.05, 0) is 48.2 Å². The van der Waals surface area contributed by atoms with Crippen LogP contribution >= 0.6 is 11.6 Å². The lowest BCUT2D eigenvalue weighted by Gasteiger charge is -2.29. The molecule has 2 aromatic carbocycles. The highest BCUT2D eigenvalue weighted by atomic mass is 35.5. The Morgan fingerprint density at radius 1 is 1.21 bits per heavy atom. The maximum atomic E-state index is 13.7. The summed E-state index contributed by atoms with van der Waals surface area (Å²) in [5.41, 5.74) is 1.57. The number of alkyl halides is 1. The molecule has 0 bridgehead atoms. The average Bonchev–Trinajstić information content (AvgIpc) is 3.25. The summed E-state index contributed by atoms with van der Waals surface area (Å²) in [4.78, 5) is 14.6. The molecule has 0 spiro atoms. The summed E-state index contributed by atoms with van der Waals surface area (Å²) in [7, 11) is 0. The highest BCUT2D eigenvalue weighted by Crippen LogP contribution is 2.23. The van der Waals surface area contributed by atoms with Crippen molar-refractivity contribution in [3.63, 3.8) is 0 Å². The van der Waals surface area contributed by atoms with E-state index in [-0.39, 0.29) is 0 Å². The number of urea groups is 1. The SMILES string of the molecule is CCCCCOc1ccc([C@@H](O)[C@@H](CN2CC[C@@H](F)C2)NC(=O)NCc2ccc(Cl)cc2)cc1. The number of rotatable bonds is 12. The number of unbranched alkanes of at least 4 members (excludes halogenated alkanes) is 2. The van der Waals surface area contributed by atoms with Crippen LogP contribution in [0.25, 0.3) is 0 Å². The van der Waals surface area contributed by atoms with E-state index in [9.17, 15) is 14.3 Å². The minimum atomic E-state index is -0.950. The van der Waals surface area contributed by atoms with Gasteiger partial charge >= 0.3 is 6.03 Å². The third-order valence-electron chi connectivity index (χ3n) is 5.97. The maximum absolute atomic E-state index is 13.7. The first-order valence-electron chi connectivity index (χ1n) is 12.0. The van der Waals surface area contributed by atoms with Crippen LogP contribution in [0.2, 0.25) is 5.02 Å². The fourth-order valence-electron chi connectivity index (χ4n) is 3.99. The van der Waals surface area contributed by atoms with Gasteiger partial charge in [-0.25, -0.2) is 9.18 Å². The van der Waals surface area contributed by atoms with E-state index < -0.39 is 24.3 Å². The molecule has 2 aromatic rings. The molecule has 1 fully saturated rings. The number of carbonyl (C=O) groups excluding carboxylic acids is 1. The number of aliphatic hydroxyl groups is 1. The van der Waals surface area contributed by atoms with Gasteiger partial charge < -0.3 is 20.5 Å². The van der Waals surface area contributed by atoms with Crippen LogP contribution < -0.4 is 15.4 Å². The van der Waals surface area contributed by atoms with Crippen molar-refractivity contribution in [2.24, 2.45) is 0 Å². The van der Waals surface area contributed by atoms with Gasteiger partial charge in [0.1, 0.15) is 18.0 Å². The van der Waals surface area contributed by atoms with Gasteiger partial charge in [0.15, 0.2) is 0 Å². The first-order valence-corrected chi connectivity index (χ1v) is 12.4. The summed E-state index contributed by atoms with van der Waals surface area (Å²) in [6.07, 6.45) is 1.91. The number of hydrogen-bond donors (Lipinski definition) is 3. The molecule has 186 valence electrons. The van der Waals surface area contributed by atoms with Crippen molar-refractivity contribution in [2.75, 3.05) is 26.2 Å². The van der Waals surface area contributed by atoms with E-state index >= 15 is 0 Å². The second-order valence-corrected chi connectivity index (χ2v) is 9.21. The second-order valence-electron chi connectivity index (χ2n) is 8.77. The largest absolute Gasteiger partial charge is 0.494 e. The number of ether oxygens (including phenoxy) is 1. The van der Waals surface area contributed by atoms with Gasteiger partial charge in [0.05, 0.1) is 12.6 Å². The van der Waals surface area contributed by atoms with E-state index in [1.165, 1.54) is 0 Å². The standard InChI is InChI=1S/C26H35ClFN3O3/c1-2-3-4-15-34-23-11-7-20(8-12-23)25(32)24(18-31-14-13-22(28)17-31)30-26(33)29-16-19-5-9-21(27)10-6-19/h5-12,22,24-25,32H,2-4,13-18H2,1H3,(H2,29,30,33)/t22-,24-,25-/m1/s1. The number of likely N-dealkylation sites (tertiary alicyclic amines) is 1. The van der Waals surface area contributed by atoms with Crippen LogP contribution in [0.3, 0.4) is 0 Å². The summed E-state index contributed by atoms with van der Waals surface area (Å²) >= 11 is 5.91. The maximum Gasteiger partial charge on any atom is 0.315 e. The van der Waals surface area contributed by atoms with Gasteiger partial charge in [-0.3, -0.25) is 4.90 Å². The predicted octanol–water partition coefficient (Wildman–Crippen LogP) is 4.85. The molecule has 3 rings (SSSR count). The molecule has 1 saturated heterocycles. The van der Waals surface area contributed by atoms with Crippen LogP contribution in [0.15, 0.2) is 48.5 Å². The first-order chi connectivity index (χ1) is 16.4. The summed E-state index contributed by atoms with van der Waals surface area (Å²) in [5, 5.41) is 17.4. The molecule has 34 heavy (non-hydrogen) atoms. The van der Waals surface area contributed by atoms with Gasteiger partial charge in [-0.2, -0.15) is 0 Å². The summed E-state index contributed by atoms with van der Waals surface area (Å²) < 4.78 is 19.5. The Morgan fingerprint density at radius 3 is 2.59 bits per heavy atom. The Labute approximate surface area is 206 Å². The molecule has 1 heterocycles. The molecule has 8 heteroatoms.